The first-order valence-electron chi connectivity index (χ1n) is 10.0. The molecule has 1 saturated heterocycles. The zero-order valence-corrected chi connectivity index (χ0v) is 17.3. The van der Waals surface area contributed by atoms with Gasteiger partial charge in [-0.25, -0.2) is 14.5 Å². The van der Waals surface area contributed by atoms with Gasteiger partial charge in [0.25, 0.3) is 5.91 Å². The third-order valence-corrected chi connectivity index (χ3v) is 5.01. The second-order valence-corrected chi connectivity index (χ2v) is 7.30. The summed E-state index contributed by atoms with van der Waals surface area (Å²) >= 11 is 0. The molecule has 8 nitrogen and oxygen atoms in total. The number of hydrogen-bond donors (Lipinski definition) is 3. The van der Waals surface area contributed by atoms with Crippen molar-refractivity contribution in [3.63, 3.8) is 0 Å². The van der Waals surface area contributed by atoms with Crippen LogP contribution in [0.5, 0.6) is 0 Å². The van der Waals surface area contributed by atoms with Crippen LogP contribution >= 0.6 is 0 Å². The summed E-state index contributed by atoms with van der Waals surface area (Å²) in [5.74, 6) is -2.06. The van der Waals surface area contributed by atoms with E-state index in [2.05, 4.69) is 10.6 Å². The number of para-hydroxylation sites is 1. The summed E-state index contributed by atoms with van der Waals surface area (Å²) in [5, 5.41) is 14.1. The van der Waals surface area contributed by atoms with Crippen molar-refractivity contribution >= 4 is 35.6 Å². The van der Waals surface area contributed by atoms with Gasteiger partial charge in [0, 0.05) is 5.69 Å². The van der Waals surface area contributed by atoms with Gasteiger partial charge in [0.1, 0.15) is 12.2 Å². The van der Waals surface area contributed by atoms with Crippen molar-refractivity contribution < 1.29 is 24.3 Å². The molecule has 1 heterocycles. The van der Waals surface area contributed by atoms with E-state index in [1.165, 1.54) is 18.2 Å². The Kier molecular flexibility index (Phi) is 5.99. The van der Waals surface area contributed by atoms with Gasteiger partial charge in [0.15, 0.2) is 0 Å². The third-order valence-electron chi connectivity index (χ3n) is 5.01. The van der Waals surface area contributed by atoms with Gasteiger partial charge in [-0.05, 0) is 47.0 Å². The fourth-order valence-corrected chi connectivity index (χ4v) is 3.32. The van der Waals surface area contributed by atoms with Crippen LogP contribution < -0.4 is 10.6 Å². The average Bonchev–Trinajstić information content (AvgIpc) is 3.07. The van der Waals surface area contributed by atoms with Crippen LogP contribution in [-0.2, 0) is 9.59 Å². The minimum Gasteiger partial charge on any atom is -0.478 e. The van der Waals surface area contributed by atoms with Gasteiger partial charge in [-0.15, -0.1) is 0 Å². The summed E-state index contributed by atoms with van der Waals surface area (Å²) in [4.78, 5) is 48.9. The highest BCUT2D eigenvalue weighted by molar-refractivity contribution is 6.16. The molecule has 0 spiro atoms. The Morgan fingerprint density at radius 1 is 0.879 bits per heavy atom. The van der Waals surface area contributed by atoms with Gasteiger partial charge in [-0.2, -0.15) is 0 Å². The van der Waals surface area contributed by atoms with E-state index in [9.17, 15) is 19.2 Å². The van der Waals surface area contributed by atoms with E-state index in [1.54, 1.807) is 48.5 Å². The SMILES string of the molecule is O=C(CN1C(=O)NC(=Cc2ccc(-c3ccc(C(=O)O)cc3)cc2)C1=O)Nc1ccccc1. The average molecular weight is 441 g/mol. The van der Waals surface area contributed by atoms with Crippen LogP contribution in [0.25, 0.3) is 17.2 Å². The van der Waals surface area contributed by atoms with Crippen LogP contribution in [0.1, 0.15) is 15.9 Å². The lowest BCUT2D eigenvalue weighted by Crippen LogP contribution is -2.38. The van der Waals surface area contributed by atoms with Crippen molar-refractivity contribution in [2.75, 3.05) is 11.9 Å². The van der Waals surface area contributed by atoms with E-state index < -0.39 is 30.4 Å². The van der Waals surface area contributed by atoms with Crippen LogP contribution in [0.4, 0.5) is 10.5 Å². The Hall–Kier alpha value is -4.72. The molecule has 1 aliphatic rings. The van der Waals surface area contributed by atoms with Crippen molar-refractivity contribution in [1.82, 2.24) is 10.2 Å². The Morgan fingerprint density at radius 3 is 2.09 bits per heavy atom. The lowest BCUT2D eigenvalue weighted by molar-refractivity contribution is -0.127. The van der Waals surface area contributed by atoms with Crippen LogP contribution in [-0.4, -0.2) is 40.4 Å². The molecule has 0 aromatic heterocycles. The van der Waals surface area contributed by atoms with Crippen molar-refractivity contribution in [1.29, 1.82) is 0 Å². The second-order valence-electron chi connectivity index (χ2n) is 7.30. The maximum atomic E-state index is 12.6. The minimum atomic E-state index is -0.988. The monoisotopic (exact) mass is 441 g/mol. The minimum absolute atomic E-state index is 0.0751. The number of rotatable bonds is 6. The first kappa shape index (κ1) is 21.5. The molecule has 0 saturated carbocycles. The summed E-state index contributed by atoms with van der Waals surface area (Å²) in [6.45, 7) is -0.401. The first-order chi connectivity index (χ1) is 15.9. The molecule has 3 aromatic carbocycles. The van der Waals surface area contributed by atoms with E-state index >= 15 is 0 Å². The number of anilines is 1. The summed E-state index contributed by atoms with van der Waals surface area (Å²) in [5.41, 5.74) is 3.25. The molecule has 1 aliphatic heterocycles. The number of carboxylic acids is 1. The zero-order chi connectivity index (χ0) is 23.4. The van der Waals surface area contributed by atoms with E-state index in [1.807, 2.05) is 18.2 Å². The maximum Gasteiger partial charge on any atom is 0.335 e. The van der Waals surface area contributed by atoms with Crippen molar-refractivity contribution in [3.05, 3.63) is 95.7 Å². The largest absolute Gasteiger partial charge is 0.478 e. The van der Waals surface area contributed by atoms with Crippen LogP contribution in [0.15, 0.2) is 84.6 Å². The Balaban J connectivity index is 1.43. The number of carbonyl (C=O) groups is 4. The van der Waals surface area contributed by atoms with Gasteiger partial charge < -0.3 is 15.7 Å². The number of urea groups is 1. The molecule has 33 heavy (non-hydrogen) atoms. The number of imide groups is 1. The summed E-state index contributed by atoms with van der Waals surface area (Å²) in [6, 6.07) is 21.8. The van der Waals surface area contributed by atoms with E-state index in [0.29, 0.717) is 11.3 Å². The fourth-order valence-electron chi connectivity index (χ4n) is 3.32. The van der Waals surface area contributed by atoms with Crippen LogP contribution in [0, 0.1) is 0 Å². The number of hydrogen-bond acceptors (Lipinski definition) is 4. The molecular weight excluding hydrogens is 422 g/mol. The number of benzene rings is 3. The number of nitrogens with zero attached hydrogens (tertiary/aromatic N) is 1. The summed E-state index contributed by atoms with van der Waals surface area (Å²) < 4.78 is 0. The number of amides is 4. The number of carboxylic acid groups (broad SMARTS) is 1. The molecule has 8 heteroatoms. The standard InChI is InChI=1S/C25H19N3O5/c29-22(26-20-4-2-1-3-5-20)15-28-23(30)21(27-25(28)33)14-16-6-8-17(9-7-16)18-10-12-19(13-11-18)24(31)32/h1-14H,15H2,(H,26,29)(H,27,33)(H,31,32). The Morgan fingerprint density at radius 2 is 1.48 bits per heavy atom. The molecule has 0 aliphatic carbocycles. The Labute approximate surface area is 189 Å². The van der Waals surface area contributed by atoms with Crippen LogP contribution in [0.2, 0.25) is 0 Å². The maximum absolute atomic E-state index is 12.6. The van der Waals surface area contributed by atoms with Crippen LogP contribution in [0.3, 0.4) is 0 Å². The van der Waals surface area contributed by atoms with Gasteiger partial charge >= 0.3 is 12.0 Å². The quantitative estimate of drug-likeness (QED) is 0.399. The summed E-state index contributed by atoms with van der Waals surface area (Å²) in [6.07, 6.45) is 1.53. The number of nitrogens with one attached hydrogen (secondary N) is 2. The molecule has 0 atom stereocenters. The number of aromatic carboxylic acids is 1. The zero-order valence-electron chi connectivity index (χ0n) is 17.3. The topological polar surface area (TPSA) is 116 Å². The normalized spacial score (nSPS) is 14.3. The lowest BCUT2D eigenvalue weighted by atomic mass is 10.0. The highest BCUT2D eigenvalue weighted by Crippen LogP contribution is 2.22. The van der Waals surface area contributed by atoms with Crippen molar-refractivity contribution in [2.24, 2.45) is 0 Å². The van der Waals surface area contributed by atoms with Gasteiger partial charge in [0.05, 0.1) is 5.56 Å². The number of carbonyl (C=O) groups excluding carboxylic acids is 3. The van der Waals surface area contributed by atoms with E-state index in [4.69, 9.17) is 5.11 Å². The van der Waals surface area contributed by atoms with Crippen molar-refractivity contribution in [2.45, 2.75) is 0 Å². The Bertz CT molecular complexity index is 1250. The molecule has 0 bridgehead atoms. The second kappa shape index (κ2) is 9.19. The molecule has 4 rings (SSSR count). The molecule has 164 valence electrons. The molecule has 3 N–H and O–H groups in total. The molecule has 1 fully saturated rings. The van der Waals surface area contributed by atoms with E-state index in [0.717, 1.165) is 16.0 Å². The lowest BCUT2D eigenvalue weighted by Gasteiger charge is -2.11. The van der Waals surface area contributed by atoms with Crippen molar-refractivity contribution in [3.8, 4) is 11.1 Å². The predicted octanol–water partition coefficient (Wildman–Crippen LogP) is 3.58. The summed E-state index contributed by atoms with van der Waals surface area (Å²) in [7, 11) is 0. The molecule has 3 aromatic rings. The molecule has 4 amide bonds. The highest BCUT2D eigenvalue weighted by Gasteiger charge is 2.34. The van der Waals surface area contributed by atoms with Gasteiger partial charge in [-0.1, -0.05) is 54.6 Å². The first-order valence-corrected chi connectivity index (χ1v) is 10.0. The van der Waals surface area contributed by atoms with E-state index in [-0.39, 0.29) is 11.3 Å². The van der Waals surface area contributed by atoms with Gasteiger partial charge in [0.2, 0.25) is 5.91 Å². The van der Waals surface area contributed by atoms with Gasteiger partial charge in [-0.3, -0.25) is 9.59 Å². The fraction of sp³-hybridized carbons (Fsp3) is 0.0400. The molecule has 0 unspecified atom stereocenters. The molecule has 0 radical (unpaired) electrons. The predicted molar refractivity (Wildman–Crippen MR) is 122 cm³/mol. The highest BCUT2D eigenvalue weighted by atomic mass is 16.4. The third kappa shape index (κ3) is 4.96. The smallest absolute Gasteiger partial charge is 0.335 e. The molecular formula is C25H19N3O5.